The second kappa shape index (κ2) is 7.46. The molecular formula is C14H29NO2. The largest absolute Gasteiger partial charge is 0.296 e. The first kappa shape index (κ1) is 16.1. The maximum atomic E-state index is 11.4. The zero-order valence-electron chi connectivity index (χ0n) is 11.9. The fourth-order valence-electron chi connectivity index (χ4n) is 2.37. The van der Waals surface area contributed by atoms with Crippen molar-refractivity contribution in [2.75, 3.05) is 0 Å². The van der Waals surface area contributed by atoms with Crippen LogP contribution in [0.3, 0.4) is 0 Å². The summed E-state index contributed by atoms with van der Waals surface area (Å²) in [5, 5.41) is 2.42. The minimum absolute atomic E-state index is 0. The summed E-state index contributed by atoms with van der Waals surface area (Å²) in [7, 11) is 0. The van der Waals surface area contributed by atoms with E-state index in [9.17, 15) is 9.59 Å². The van der Waals surface area contributed by atoms with Crippen LogP contribution >= 0.6 is 0 Å². The number of rotatable bonds is 0. The lowest BCUT2D eigenvalue weighted by molar-refractivity contribution is -0.129. The zero-order chi connectivity index (χ0) is 13.5. The molecule has 0 spiro atoms. The van der Waals surface area contributed by atoms with Gasteiger partial charge in [0.1, 0.15) is 0 Å². The molecule has 1 aliphatic heterocycles. The van der Waals surface area contributed by atoms with Crippen molar-refractivity contribution in [3.8, 4) is 0 Å². The number of amides is 2. The molecule has 2 atom stereocenters. The van der Waals surface area contributed by atoms with Gasteiger partial charge in [-0.15, -0.1) is 0 Å². The maximum Gasteiger partial charge on any atom is 0.233 e. The third kappa shape index (κ3) is 3.55. The van der Waals surface area contributed by atoms with Crippen LogP contribution in [0.25, 0.3) is 0 Å². The van der Waals surface area contributed by atoms with Crippen LogP contribution in [-0.4, -0.2) is 11.8 Å². The molecule has 2 amide bonds. The third-order valence-corrected chi connectivity index (χ3v) is 3.28. The van der Waals surface area contributed by atoms with E-state index in [0.717, 1.165) is 25.7 Å². The van der Waals surface area contributed by atoms with E-state index < -0.39 is 0 Å². The van der Waals surface area contributed by atoms with E-state index in [4.69, 9.17) is 0 Å². The summed E-state index contributed by atoms with van der Waals surface area (Å²) >= 11 is 0. The maximum absolute atomic E-state index is 11.4. The van der Waals surface area contributed by atoms with Crippen molar-refractivity contribution in [1.82, 2.24) is 5.32 Å². The van der Waals surface area contributed by atoms with E-state index in [1.54, 1.807) is 0 Å². The number of nitrogens with one attached hydrogen (secondary N) is 1. The molecule has 2 aliphatic rings. The molecule has 1 N–H and O–H groups in total. The molecule has 0 bridgehead atoms. The highest BCUT2D eigenvalue weighted by atomic mass is 16.2. The van der Waals surface area contributed by atoms with Gasteiger partial charge in [-0.05, 0) is 19.8 Å². The van der Waals surface area contributed by atoms with Crippen molar-refractivity contribution in [3.05, 3.63) is 0 Å². The summed E-state index contributed by atoms with van der Waals surface area (Å²) in [5.41, 5.74) is -0.380. The van der Waals surface area contributed by atoms with Gasteiger partial charge in [0.15, 0.2) is 0 Å². The van der Waals surface area contributed by atoms with Crippen LogP contribution in [0.15, 0.2) is 0 Å². The van der Waals surface area contributed by atoms with Crippen LogP contribution in [0.5, 0.6) is 0 Å². The summed E-state index contributed by atoms with van der Waals surface area (Å²) in [6.07, 6.45) is 5.16. The van der Waals surface area contributed by atoms with Crippen molar-refractivity contribution < 1.29 is 11.0 Å². The summed E-state index contributed by atoms with van der Waals surface area (Å²) < 4.78 is 0. The molecule has 1 heterocycles. The Morgan fingerprint density at radius 1 is 1.29 bits per heavy atom. The van der Waals surface area contributed by atoms with Crippen molar-refractivity contribution in [1.29, 1.82) is 0 Å². The first-order chi connectivity index (χ1) is 8.06. The Morgan fingerprint density at radius 2 is 1.82 bits per heavy atom. The van der Waals surface area contributed by atoms with Crippen molar-refractivity contribution >= 4 is 11.8 Å². The van der Waals surface area contributed by atoms with E-state index in [-0.39, 0.29) is 24.6 Å². The lowest BCUT2D eigenvalue weighted by Gasteiger charge is -2.31. The average Bonchev–Trinajstić information content (AvgIpc) is 2.54. The number of hydrogen-bond donors (Lipinski definition) is 1. The molecule has 102 valence electrons. The van der Waals surface area contributed by atoms with E-state index in [1.807, 2.05) is 20.8 Å². The monoisotopic (exact) mass is 243 g/mol. The Labute approximate surface area is 107 Å². The van der Waals surface area contributed by atoms with Gasteiger partial charge in [-0.1, -0.05) is 47.0 Å². The van der Waals surface area contributed by atoms with Gasteiger partial charge in [0.25, 0.3) is 0 Å². The van der Waals surface area contributed by atoms with Gasteiger partial charge in [-0.3, -0.25) is 14.9 Å². The molecule has 17 heavy (non-hydrogen) atoms. The highest BCUT2D eigenvalue weighted by Gasteiger charge is 2.52. The van der Waals surface area contributed by atoms with E-state index in [2.05, 4.69) is 19.2 Å². The van der Waals surface area contributed by atoms with Gasteiger partial charge in [-0.2, -0.15) is 0 Å². The van der Waals surface area contributed by atoms with E-state index in [0.29, 0.717) is 0 Å². The fraction of sp³-hybridized carbons (Fsp3) is 0.857. The first-order valence-corrected chi connectivity index (χ1v) is 6.91. The summed E-state index contributed by atoms with van der Waals surface area (Å²) in [4.78, 5) is 22.7. The molecule has 0 aromatic rings. The SMILES string of the molecule is CC.CCC.C[C@@]12CCCC[C@H]1C(=O)NC2=O.[HH]. The lowest BCUT2D eigenvalue weighted by Crippen LogP contribution is -2.34. The molecule has 1 aliphatic carbocycles. The Balaban J connectivity index is 0. The van der Waals surface area contributed by atoms with Gasteiger partial charge in [0.2, 0.25) is 11.8 Å². The lowest BCUT2D eigenvalue weighted by atomic mass is 9.69. The molecule has 0 aromatic heterocycles. The van der Waals surface area contributed by atoms with Crippen LogP contribution in [-0.2, 0) is 9.59 Å². The highest BCUT2D eigenvalue weighted by Crippen LogP contribution is 2.44. The first-order valence-electron chi connectivity index (χ1n) is 6.91. The van der Waals surface area contributed by atoms with Crippen molar-refractivity contribution in [2.45, 2.75) is 66.7 Å². The molecule has 0 unspecified atom stereocenters. The molecule has 2 rings (SSSR count). The molecule has 0 aromatic carbocycles. The quantitative estimate of drug-likeness (QED) is 0.662. The van der Waals surface area contributed by atoms with Crippen molar-refractivity contribution in [2.24, 2.45) is 11.3 Å². The van der Waals surface area contributed by atoms with Crippen LogP contribution in [0.2, 0.25) is 0 Å². The average molecular weight is 243 g/mol. The Kier molecular flexibility index (Phi) is 7.09. The van der Waals surface area contributed by atoms with E-state index in [1.165, 1.54) is 6.42 Å². The molecule has 3 nitrogen and oxygen atoms in total. The van der Waals surface area contributed by atoms with Gasteiger partial charge >= 0.3 is 0 Å². The summed E-state index contributed by atoms with van der Waals surface area (Å²) in [5.74, 6) is -0.154. The second-order valence-corrected chi connectivity index (χ2v) is 4.74. The topological polar surface area (TPSA) is 46.2 Å². The highest BCUT2D eigenvalue weighted by molar-refractivity contribution is 6.07. The summed E-state index contributed by atoms with van der Waals surface area (Å²) in [6, 6.07) is 0. The molecule has 3 heteroatoms. The second-order valence-electron chi connectivity index (χ2n) is 4.74. The fourth-order valence-corrected chi connectivity index (χ4v) is 2.37. The van der Waals surface area contributed by atoms with Gasteiger partial charge in [0, 0.05) is 1.43 Å². The number of carbonyl (C=O) groups excluding carboxylic acids is 2. The van der Waals surface area contributed by atoms with Crippen LogP contribution in [0, 0.1) is 11.3 Å². The predicted molar refractivity (Wildman–Crippen MR) is 72.6 cm³/mol. The number of hydrogen-bond acceptors (Lipinski definition) is 2. The van der Waals surface area contributed by atoms with Gasteiger partial charge in [-0.25, -0.2) is 0 Å². The van der Waals surface area contributed by atoms with Crippen LogP contribution < -0.4 is 5.32 Å². The number of imide groups is 1. The molecule has 1 saturated heterocycles. The number of fused-ring (bicyclic) bond motifs is 1. The van der Waals surface area contributed by atoms with Crippen molar-refractivity contribution in [3.63, 3.8) is 0 Å². The molecule has 1 saturated carbocycles. The zero-order valence-corrected chi connectivity index (χ0v) is 11.9. The Bertz CT molecular complexity index is 269. The van der Waals surface area contributed by atoms with Crippen LogP contribution in [0.1, 0.15) is 68.1 Å². The smallest absolute Gasteiger partial charge is 0.233 e. The standard InChI is InChI=1S/C9H13NO2.C3H8.C2H6.H2/c1-9-5-3-2-4-6(9)7(11)10-8(9)12;1-3-2;1-2;/h6H,2-5H2,1H3,(H,10,11,12);3H2,1-2H3;1-2H3;1H/t6-,9+;;;/m0.../s1. The normalized spacial score (nSPS) is 30.3. The van der Waals surface area contributed by atoms with Crippen LogP contribution in [0.4, 0.5) is 0 Å². The molecule has 0 radical (unpaired) electrons. The van der Waals surface area contributed by atoms with Gasteiger partial charge < -0.3 is 0 Å². The van der Waals surface area contributed by atoms with Gasteiger partial charge in [0.05, 0.1) is 11.3 Å². The Hall–Kier alpha value is -0.860. The minimum atomic E-state index is -0.380. The third-order valence-electron chi connectivity index (χ3n) is 3.28. The number of carbonyl (C=O) groups is 2. The predicted octanol–water partition coefficient (Wildman–Crippen LogP) is 3.53. The molecular weight excluding hydrogens is 214 g/mol. The molecule has 2 fully saturated rings. The van der Waals surface area contributed by atoms with E-state index >= 15 is 0 Å². The minimum Gasteiger partial charge on any atom is -0.296 e. The Morgan fingerprint density at radius 3 is 2.29 bits per heavy atom. The summed E-state index contributed by atoms with van der Waals surface area (Å²) in [6.45, 7) is 10.2.